The van der Waals surface area contributed by atoms with Gasteiger partial charge in [-0.25, -0.2) is 0 Å². The number of aromatic nitrogens is 1. The summed E-state index contributed by atoms with van der Waals surface area (Å²) in [5, 5.41) is 2.50. The number of hydrogen-bond acceptors (Lipinski definition) is 0. The Hall–Kier alpha value is -1.50. The molecule has 0 aliphatic heterocycles. The van der Waals surface area contributed by atoms with Gasteiger partial charge in [0.2, 0.25) is 0 Å². The van der Waals surface area contributed by atoms with Gasteiger partial charge < -0.3 is 4.98 Å². The maximum absolute atomic E-state index is 3.90. The van der Waals surface area contributed by atoms with Crippen molar-refractivity contribution in [2.24, 2.45) is 0 Å². The Morgan fingerprint density at radius 3 is 2.38 bits per heavy atom. The van der Waals surface area contributed by atoms with E-state index in [-0.39, 0.29) is 0 Å². The molecule has 0 spiro atoms. The van der Waals surface area contributed by atoms with Crippen LogP contribution in [0.3, 0.4) is 0 Å². The molecule has 1 heteroatoms. The minimum Gasteiger partial charge on any atom is -0.355 e. The number of allylic oxidation sites excluding steroid dienone is 1. The van der Waals surface area contributed by atoms with Crippen molar-refractivity contribution in [3.63, 3.8) is 0 Å². The first-order valence-electron chi connectivity index (χ1n) is 5.95. The van der Waals surface area contributed by atoms with Gasteiger partial charge in [0.05, 0.1) is 0 Å². The quantitative estimate of drug-likeness (QED) is 0.794. The van der Waals surface area contributed by atoms with Crippen molar-refractivity contribution in [1.29, 1.82) is 0 Å². The molecule has 1 aromatic rings. The molecule has 0 saturated heterocycles. The third-order valence-corrected chi connectivity index (χ3v) is 2.49. The highest BCUT2D eigenvalue weighted by Crippen LogP contribution is 2.03. The highest BCUT2D eigenvalue weighted by molar-refractivity contribution is 5.64. The number of nitrogens with one attached hydrogen (secondary N) is 1. The van der Waals surface area contributed by atoms with Crippen LogP contribution >= 0.6 is 0 Å². The van der Waals surface area contributed by atoms with E-state index < -0.39 is 0 Å². The van der Waals surface area contributed by atoms with Gasteiger partial charge in [-0.1, -0.05) is 44.7 Å². The van der Waals surface area contributed by atoms with Gasteiger partial charge in [-0.15, -0.1) is 0 Å². The molecule has 1 heterocycles. The molecule has 0 bridgehead atoms. The van der Waals surface area contributed by atoms with Gasteiger partial charge >= 0.3 is 0 Å². The van der Waals surface area contributed by atoms with Crippen molar-refractivity contribution in [3.05, 3.63) is 34.5 Å². The van der Waals surface area contributed by atoms with Gasteiger partial charge in [-0.2, -0.15) is 0 Å². The van der Waals surface area contributed by atoms with Crippen LogP contribution in [0.25, 0.3) is 24.3 Å². The monoisotopic (exact) mass is 215 g/mol. The summed E-state index contributed by atoms with van der Waals surface area (Å²) >= 11 is 0. The van der Waals surface area contributed by atoms with Gasteiger partial charge in [0.1, 0.15) is 0 Å². The molecule has 0 atom stereocenters. The fourth-order valence-corrected chi connectivity index (χ4v) is 1.88. The van der Waals surface area contributed by atoms with Crippen LogP contribution in [0.5, 0.6) is 0 Å². The van der Waals surface area contributed by atoms with Crippen LogP contribution in [0.1, 0.15) is 44.9 Å². The van der Waals surface area contributed by atoms with E-state index in [1.165, 1.54) is 16.1 Å². The SMILES string of the molecule is C=Cc1c(/C=C\C)[nH]c(=C/CC)/c1=C\CC. The fraction of sp³-hybridized carbons (Fsp3) is 0.333. The van der Waals surface area contributed by atoms with Gasteiger partial charge in [0.25, 0.3) is 0 Å². The van der Waals surface area contributed by atoms with Crippen molar-refractivity contribution in [1.82, 2.24) is 4.98 Å². The first kappa shape index (κ1) is 12.6. The van der Waals surface area contributed by atoms with Crippen molar-refractivity contribution in [3.8, 4) is 0 Å². The lowest BCUT2D eigenvalue weighted by Gasteiger charge is -1.90. The maximum atomic E-state index is 3.90. The van der Waals surface area contributed by atoms with Gasteiger partial charge in [0, 0.05) is 21.8 Å². The van der Waals surface area contributed by atoms with Crippen molar-refractivity contribution < 1.29 is 0 Å². The molecule has 1 nitrogen and oxygen atoms in total. The van der Waals surface area contributed by atoms with Crippen LogP contribution in [-0.2, 0) is 0 Å². The Balaban J connectivity index is 3.59. The smallest absolute Gasteiger partial charge is 0.0461 e. The summed E-state index contributed by atoms with van der Waals surface area (Å²) < 4.78 is 0. The first-order valence-corrected chi connectivity index (χ1v) is 5.95. The summed E-state index contributed by atoms with van der Waals surface area (Å²) in [5.74, 6) is 0. The van der Waals surface area contributed by atoms with E-state index in [1.54, 1.807) is 0 Å². The molecular formula is C15H21N. The van der Waals surface area contributed by atoms with E-state index in [2.05, 4.69) is 43.6 Å². The van der Waals surface area contributed by atoms with Gasteiger partial charge in [0.15, 0.2) is 0 Å². The molecule has 16 heavy (non-hydrogen) atoms. The summed E-state index contributed by atoms with van der Waals surface area (Å²) in [6.45, 7) is 10.2. The lowest BCUT2D eigenvalue weighted by Crippen LogP contribution is -2.23. The normalized spacial score (nSPS) is 13.9. The highest BCUT2D eigenvalue weighted by atomic mass is 14.7. The molecule has 1 N–H and O–H groups in total. The second-order valence-electron chi connectivity index (χ2n) is 3.71. The van der Waals surface area contributed by atoms with Crippen LogP contribution < -0.4 is 10.6 Å². The largest absolute Gasteiger partial charge is 0.355 e. The molecular weight excluding hydrogens is 194 g/mol. The average molecular weight is 215 g/mol. The van der Waals surface area contributed by atoms with Crippen LogP contribution in [0.15, 0.2) is 12.7 Å². The second-order valence-corrected chi connectivity index (χ2v) is 3.71. The maximum Gasteiger partial charge on any atom is 0.0461 e. The Bertz CT molecular complexity index is 486. The van der Waals surface area contributed by atoms with E-state index in [0.29, 0.717) is 0 Å². The summed E-state index contributed by atoms with van der Waals surface area (Å²) in [7, 11) is 0. The van der Waals surface area contributed by atoms with Crippen molar-refractivity contribution >= 4 is 24.3 Å². The van der Waals surface area contributed by atoms with Crippen LogP contribution in [-0.4, -0.2) is 4.98 Å². The minimum atomic E-state index is 1.04. The lowest BCUT2D eigenvalue weighted by atomic mass is 10.1. The summed E-state index contributed by atoms with van der Waals surface area (Å²) in [6.07, 6.45) is 12.6. The molecule has 0 aliphatic carbocycles. The van der Waals surface area contributed by atoms with Gasteiger partial charge in [-0.05, 0) is 25.8 Å². The zero-order valence-electron chi connectivity index (χ0n) is 10.5. The minimum absolute atomic E-state index is 1.04. The van der Waals surface area contributed by atoms with Crippen molar-refractivity contribution in [2.45, 2.75) is 33.6 Å². The Kier molecular flexibility index (Phi) is 4.84. The van der Waals surface area contributed by atoms with E-state index in [9.17, 15) is 0 Å². The zero-order valence-corrected chi connectivity index (χ0v) is 10.5. The predicted molar refractivity (Wildman–Crippen MR) is 74.4 cm³/mol. The third-order valence-electron chi connectivity index (χ3n) is 2.49. The van der Waals surface area contributed by atoms with Crippen LogP contribution in [0, 0.1) is 0 Å². The zero-order chi connectivity index (χ0) is 12.0. The number of hydrogen-bond donors (Lipinski definition) is 1. The number of aromatic amines is 1. The third kappa shape index (κ3) is 2.54. The molecule has 1 aromatic heterocycles. The van der Waals surface area contributed by atoms with E-state index >= 15 is 0 Å². The Morgan fingerprint density at radius 1 is 1.19 bits per heavy atom. The average Bonchev–Trinajstić information content (AvgIpc) is 2.58. The van der Waals surface area contributed by atoms with Crippen LogP contribution in [0.4, 0.5) is 0 Å². The Morgan fingerprint density at radius 2 is 1.88 bits per heavy atom. The molecule has 0 fully saturated rings. The second kappa shape index (κ2) is 6.16. The standard InChI is InChI=1S/C15H21N/c1-5-9-13-12(8-4)14(10-6-2)16-15(13)11-7-3/h6,8-11,16H,4-5,7H2,1-3H3/b10-6-,13-9-,15-11+. The summed E-state index contributed by atoms with van der Waals surface area (Å²) in [4.78, 5) is 3.44. The molecule has 0 unspecified atom stereocenters. The van der Waals surface area contributed by atoms with E-state index in [0.717, 1.165) is 18.5 Å². The van der Waals surface area contributed by atoms with Crippen LogP contribution in [0.2, 0.25) is 0 Å². The molecule has 0 amide bonds. The lowest BCUT2D eigenvalue weighted by molar-refractivity contribution is 1.21. The predicted octanol–water partition coefficient (Wildman–Crippen LogP) is 3.07. The molecule has 1 rings (SSSR count). The summed E-state index contributed by atoms with van der Waals surface area (Å²) in [6, 6.07) is 0. The number of H-pyrrole nitrogens is 1. The number of rotatable bonds is 4. The molecule has 86 valence electrons. The molecule has 0 radical (unpaired) electrons. The topological polar surface area (TPSA) is 15.8 Å². The molecule has 0 aromatic carbocycles. The fourth-order valence-electron chi connectivity index (χ4n) is 1.88. The van der Waals surface area contributed by atoms with E-state index in [4.69, 9.17) is 0 Å². The molecule has 0 aliphatic rings. The molecule has 0 saturated carbocycles. The Labute approximate surface area is 97.9 Å². The van der Waals surface area contributed by atoms with Gasteiger partial charge in [-0.3, -0.25) is 0 Å². The highest BCUT2D eigenvalue weighted by Gasteiger charge is 2.01. The van der Waals surface area contributed by atoms with Crippen molar-refractivity contribution in [2.75, 3.05) is 0 Å². The van der Waals surface area contributed by atoms with E-state index in [1.807, 2.05) is 19.1 Å². The summed E-state index contributed by atoms with van der Waals surface area (Å²) in [5.41, 5.74) is 2.36. The first-order chi connectivity index (χ1) is 7.78.